The number of hydrogen-bond acceptors (Lipinski definition) is 3. The number of rotatable bonds is 5. The topological polar surface area (TPSA) is 82.4 Å². The molecule has 1 aromatic rings. The molecule has 5 nitrogen and oxygen atoms in total. The molecule has 2 N–H and O–H groups in total. The van der Waals surface area contributed by atoms with Gasteiger partial charge in [-0.05, 0) is 31.2 Å². The highest BCUT2D eigenvalue weighted by Crippen LogP contribution is 2.36. The van der Waals surface area contributed by atoms with Crippen LogP contribution in [0.3, 0.4) is 0 Å². The van der Waals surface area contributed by atoms with E-state index in [4.69, 9.17) is 9.84 Å². The molecule has 0 aromatic heterocycles. The van der Waals surface area contributed by atoms with E-state index in [1.165, 1.54) is 0 Å². The first-order chi connectivity index (χ1) is 10.1. The van der Waals surface area contributed by atoms with Gasteiger partial charge in [-0.15, -0.1) is 0 Å². The highest BCUT2D eigenvalue weighted by atomic mass is 16.5. The molecule has 0 heterocycles. The molecular formula is C16H20N2O3. The van der Waals surface area contributed by atoms with Crippen LogP contribution in [0.25, 0.3) is 0 Å². The van der Waals surface area contributed by atoms with Crippen molar-refractivity contribution in [2.75, 3.05) is 6.54 Å². The van der Waals surface area contributed by atoms with Gasteiger partial charge >= 0.3 is 6.09 Å². The van der Waals surface area contributed by atoms with Crippen LogP contribution in [0.15, 0.2) is 30.3 Å². The predicted octanol–water partition coefficient (Wildman–Crippen LogP) is 2.92. The Labute approximate surface area is 124 Å². The molecule has 0 saturated heterocycles. The molecule has 112 valence electrons. The Hall–Kier alpha value is -2.06. The Morgan fingerprint density at radius 2 is 2.05 bits per heavy atom. The lowest BCUT2D eigenvalue weighted by Crippen LogP contribution is -2.40. The molecule has 0 atom stereocenters. The smallest absolute Gasteiger partial charge is 0.404 e. The number of carbonyl (C=O) groups is 1. The molecule has 1 amide bonds. The number of amides is 1. The van der Waals surface area contributed by atoms with Gasteiger partial charge in [0.1, 0.15) is 0 Å². The Kier molecular flexibility index (Phi) is 5.18. The molecule has 0 radical (unpaired) electrons. The van der Waals surface area contributed by atoms with Crippen molar-refractivity contribution < 1.29 is 14.6 Å². The molecule has 1 aromatic carbocycles. The highest BCUT2D eigenvalue weighted by Gasteiger charge is 2.36. The zero-order valence-corrected chi connectivity index (χ0v) is 11.9. The molecule has 1 aliphatic rings. The molecule has 0 unspecified atom stereocenters. The van der Waals surface area contributed by atoms with Crippen molar-refractivity contribution in [1.82, 2.24) is 5.32 Å². The second-order valence-corrected chi connectivity index (χ2v) is 5.55. The van der Waals surface area contributed by atoms with Crippen LogP contribution in [0.5, 0.6) is 0 Å². The molecule has 2 rings (SSSR count). The van der Waals surface area contributed by atoms with Crippen LogP contribution >= 0.6 is 0 Å². The molecule has 5 heteroatoms. The molecule has 1 saturated carbocycles. The minimum atomic E-state index is -1.08. The first kappa shape index (κ1) is 15.3. The molecule has 0 aliphatic heterocycles. The summed E-state index contributed by atoms with van der Waals surface area (Å²) in [6, 6.07) is 12.3. The van der Waals surface area contributed by atoms with Crippen LogP contribution in [0, 0.1) is 16.7 Å². The van der Waals surface area contributed by atoms with Crippen molar-refractivity contribution in [3.8, 4) is 6.07 Å². The summed E-state index contributed by atoms with van der Waals surface area (Å²) in [7, 11) is 0. The Morgan fingerprint density at radius 1 is 1.38 bits per heavy atom. The zero-order valence-electron chi connectivity index (χ0n) is 11.9. The summed E-state index contributed by atoms with van der Waals surface area (Å²) in [6.45, 7) is 0.780. The summed E-state index contributed by atoms with van der Waals surface area (Å²) in [5.74, 6) is 0. The third kappa shape index (κ3) is 4.47. The van der Waals surface area contributed by atoms with Crippen molar-refractivity contribution in [1.29, 1.82) is 5.26 Å². The molecule has 0 spiro atoms. The average molecular weight is 288 g/mol. The van der Waals surface area contributed by atoms with E-state index in [0.717, 1.165) is 18.4 Å². The fraction of sp³-hybridized carbons (Fsp3) is 0.500. The quantitative estimate of drug-likeness (QED) is 0.872. The van der Waals surface area contributed by atoms with Gasteiger partial charge in [0.05, 0.1) is 24.2 Å². The van der Waals surface area contributed by atoms with E-state index in [9.17, 15) is 10.1 Å². The maximum absolute atomic E-state index is 10.6. The fourth-order valence-electron chi connectivity index (χ4n) is 2.67. The molecule has 0 bridgehead atoms. The van der Waals surface area contributed by atoms with Gasteiger partial charge in [-0.25, -0.2) is 4.79 Å². The van der Waals surface area contributed by atoms with Crippen molar-refractivity contribution in [3.63, 3.8) is 0 Å². The number of carboxylic acid groups (broad SMARTS) is 1. The predicted molar refractivity (Wildman–Crippen MR) is 77.6 cm³/mol. The van der Waals surface area contributed by atoms with Crippen LogP contribution in [0.4, 0.5) is 4.79 Å². The third-order valence-corrected chi connectivity index (χ3v) is 4.03. The lowest BCUT2D eigenvalue weighted by Gasteiger charge is -2.34. The minimum absolute atomic E-state index is 0.150. The third-order valence-electron chi connectivity index (χ3n) is 4.03. The van der Waals surface area contributed by atoms with Gasteiger partial charge in [-0.2, -0.15) is 5.26 Å². The molecule has 21 heavy (non-hydrogen) atoms. The summed E-state index contributed by atoms with van der Waals surface area (Å²) in [5, 5.41) is 20.3. The zero-order chi connectivity index (χ0) is 15.1. The van der Waals surface area contributed by atoms with E-state index >= 15 is 0 Å². The van der Waals surface area contributed by atoms with Crippen molar-refractivity contribution >= 4 is 6.09 Å². The Balaban J connectivity index is 1.79. The number of hydrogen-bond donors (Lipinski definition) is 2. The summed E-state index contributed by atoms with van der Waals surface area (Å²) in [5.41, 5.74) is 0.563. The lowest BCUT2D eigenvalue weighted by atomic mass is 9.74. The van der Waals surface area contributed by atoms with Crippen LogP contribution in [0.2, 0.25) is 0 Å². The maximum Gasteiger partial charge on any atom is 0.404 e. The molecule has 1 aliphatic carbocycles. The largest absolute Gasteiger partial charge is 0.465 e. The van der Waals surface area contributed by atoms with E-state index in [0.29, 0.717) is 19.4 Å². The number of nitrogens with one attached hydrogen (secondary N) is 1. The van der Waals surface area contributed by atoms with Gasteiger partial charge in [-0.1, -0.05) is 30.3 Å². The van der Waals surface area contributed by atoms with Gasteiger partial charge < -0.3 is 15.2 Å². The van der Waals surface area contributed by atoms with E-state index in [1.807, 2.05) is 30.3 Å². The average Bonchev–Trinajstić information content (AvgIpc) is 2.53. The van der Waals surface area contributed by atoms with Gasteiger partial charge in [-0.3, -0.25) is 0 Å². The van der Waals surface area contributed by atoms with Gasteiger partial charge in [0, 0.05) is 6.54 Å². The summed E-state index contributed by atoms with van der Waals surface area (Å²) in [6.07, 6.45) is 2.00. The first-order valence-corrected chi connectivity index (χ1v) is 7.17. The van der Waals surface area contributed by atoms with Crippen molar-refractivity contribution in [2.24, 2.45) is 5.41 Å². The number of ether oxygens (including phenoxy) is 1. The second-order valence-electron chi connectivity index (χ2n) is 5.55. The monoisotopic (exact) mass is 288 g/mol. The minimum Gasteiger partial charge on any atom is -0.465 e. The van der Waals surface area contributed by atoms with E-state index in [1.54, 1.807) is 0 Å². The normalized spacial score (nSPS) is 25.0. The first-order valence-electron chi connectivity index (χ1n) is 7.17. The van der Waals surface area contributed by atoms with E-state index in [-0.39, 0.29) is 12.6 Å². The summed E-state index contributed by atoms with van der Waals surface area (Å²) >= 11 is 0. The number of nitrogens with zero attached hydrogens (tertiary/aromatic N) is 1. The summed E-state index contributed by atoms with van der Waals surface area (Å²) < 4.78 is 5.89. The fourth-order valence-corrected chi connectivity index (χ4v) is 2.67. The van der Waals surface area contributed by atoms with Crippen LogP contribution < -0.4 is 5.32 Å². The SMILES string of the molecule is N#CC1(CNC(=O)O)CCC(OCc2ccccc2)CC1. The van der Waals surface area contributed by atoms with Crippen molar-refractivity contribution in [3.05, 3.63) is 35.9 Å². The van der Waals surface area contributed by atoms with Gasteiger partial charge in [0.25, 0.3) is 0 Å². The highest BCUT2D eigenvalue weighted by molar-refractivity contribution is 5.64. The van der Waals surface area contributed by atoms with Crippen LogP contribution in [-0.4, -0.2) is 23.8 Å². The lowest BCUT2D eigenvalue weighted by molar-refractivity contribution is -0.00201. The Bertz CT molecular complexity index is 502. The standard InChI is InChI=1S/C16H20N2O3/c17-11-16(12-18-15(19)20)8-6-14(7-9-16)21-10-13-4-2-1-3-5-13/h1-5,14,18H,6-10,12H2,(H,19,20). The van der Waals surface area contributed by atoms with Crippen LogP contribution in [0.1, 0.15) is 31.2 Å². The van der Waals surface area contributed by atoms with E-state index < -0.39 is 11.5 Å². The Morgan fingerprint density at radius 3 is 2.62 bits per heavy atom. The maximum atomic E-state index is 10.6. The number of benzene rings is 1. The van der Waals surface area contributed by atoms with Gasteiger partial charge in [0.15, 0.2) is 0 Å². The molecular weight excluding hydrogens is 268 g/mol. The summed E-state index contributed by atoms with van der Waals surface area (Å²) in [4.78, 5) is 10.6. The molecule has 1 fully saturated rings. The second kappa shape index (κ2) is 7.09. The van der Waals surface area contributed by atoms with Crippen LogP contribution in [-0.2, 0) is 11.3 Å². The number of nitriles is 1. The van der Waals surface area contributed by atoms with Gasteiger partial charge in [0.2, 0.25) is 0 Å². The van der Waals surface area contributed by atoms with Crippen molar-refractivity contribution in [2.45, 2.75) is 38.4 Å². The van der Waals surface area contributed by atoms with E-state index in [2.05, 4.69) is 11.4 Å².